The number of hydrogen-bond donors (Lipinski definition) is 6. The Labute approximate surface area is 165 Å². The topological polar surface area (TPSA) is 168 Å². The van der Waals surface area contributed by atoms with Crippen molar-refractivity contribution in [3.05, 3.63) is 53.6 Å². The number of aliphatic hydroxyl groups is 1. The second-order valence-electron chi connectivity index (χ2n) is 6.05. The lowest BCUT2D eigenvalue weighted by molar-refractivity contribution is -0.139. The Morgan fingerprint density at radius 3 is 2.17 bits per heavy atom. The van der Waals surface area contributed by atoms with Crippen LogP contribution >= 0.6 is 0 Å². The molecule has 154 valence electrons. The normalized spacial score (nSPS) is 11.5. The maximum absolute atomic E-state index is 12.7. The SMILES string of the molecule is O=C(O)C(NC(=O)N(CCCO)C(=O)c1ccc(O)c(O)c1)c1ccc(O)cc1. The van der Waals surface area contributed by atoms with Crippen LogP contribution in [-0.4, -0.2) is 61.5 Å². The summed E-state index contributed by atoms with van der Waals surface area (Å²) in [7, 11) is 0. The molecule has 0 saturated heterocycles. The van der Waals surface area contributed by atoms with Gasteiger partial charge in [-0.2, -0.15) is 0 Å². The smallest absolute Gasteiger partial charge is 0.330 e. The Morgan fingerprint density at radius 2 is 1.62 bits per heavy atom. The van der Waals surface area contributed by atoms with E-state index < -0.39 is 35.4 Å². The predicted octanol–water partition coefficient (Wildman–Crippen LogP) is 1.16. The first kappa shape index (κ1) is 21.5. The fraction of sp³-hybridized carbons (Fsp3) is 0.211. The van der Waals surface area contributed by atoms with Gasteiger partial charge in [0.05, 0.1) is 0 Å². The van der Waals surface area contributed by atoms with Crippen molar-refractivity contribution in [3.63, 3.8) is 0 Å². The number of urea groups is 1. The Kier molecular flexibility index (Phi) is 6.99. The van der Waals surface area contributed by atoms with Crippen molar-refractivity contribution in [1.82, 2.24) is 10.2 Å². The number of benzene rings is 2. The lowest BCUT2D eigenvalue weighted by Crippen LogP contribution is -2.47. The summed E-state index contributed by atoms with van der Waals surface area (Å²) in [5.41, 5.74) is 0.0467. The van der Waals surface area contributed by atoms with Gasteiger partial charge in [-0.1, -0.05) is 12.1 Å². The Morgan fingerprint density at radius 1 is 0.966 bits per heavy atom. The first-order chi connectivity index (χ1) is 13.7. The minimum Gasteiger partial charge on any atom is -0.508 e. The van der Waals surface area contributed by atoms with E-state index in [1.807, 2.05) is 0 Å². The van der Waals surface area contributed by atoms with E-state index >= 15 is 0 Å². The summed E-state index contributed by atoms with van der Waals surface area (Å²) in [6.07, 6.45) is 0.0418. The monoisotopic (exact) mass is 404 g/mol. The van der Waals surface area contributed by atoms with Crippen LogP contribution in [0.1, 0.15) is 28.4 Å². The lowest BCUT2D eigenvalue weighted by Gasteiger charge is -2.24. The van der Waals surface area contributed by atoms with Gasteiger partial charge >= 0.3 is 12.0 Å². The molecule has 29 heavy (non-hydrogen) atoms. The minimum atomic E-state index is -1.50. The number of aliphatic carboxylic acids is 1. The Balaban J connectivity index is 2.28. The molecule has 0 aliphatic heterocycles. The molecule has 0 aromatic heterocycles. The zero-order valence-electron chi connectivity index (χ0n) is 15.1. The Hall–Kier alpha value is -3.79. The highest BCUT2D eigenvalue weighted by Gasteiger charge is 2.28. The third kappa shape index (κ3) is 5.36. The number of phenolic OH excluding ortho intramolecular Hbond substituents is 3. The summed E-state index contributed by atoms with van der Waals surface area (Å²) in [5.74, 6) is -3.35. The molecule has 0 radical (unpaired) electrons. The van der Waals surface area contributed by atoms with Gasteiger partial charge in [-0.25, -0.2) is 9.59 Å². The molecule has 0 heterocycles. The lowest BCUT2D eigenvalue weighted by atomic mass is 10.1. The molecule has 0 aliphatic carbocycles. The number of phenols is 3. The van der Waals surface area contributed by atoms with Gasteiger partial charge in [0.15, 0.2) is 17.5 Å². The van der Waals surface area contributed by atoms with Crippen LogP contribution in [0.25, 0.3) is 0 Å². The van der Waals surface area contributed by atoms with E-state index in [-0.39, 0.29) is 36.4 Å². The maximum atomic E-state index is 12.7. The number of aliphatic hydroxyl groups excluding tert-OH is 1. The molecule has 2 rings (SSSR count). The molecule has 2 aromatic carbocycles. The van der Waals surface area contributed by atoms with Crippen LogP contribution in [0.15, 0.2) is 42.5 Å². The van der Waals surface area contributed by atoms with Gasteiger partial charge in [-0.05, 0) is 42.3 Å². The molecule has 10 nitrogen and oxygen atoms in total. The van der Waals surface area contributed by atoms with Gasteiger partial charge in [0.2, 0.25) is 0 Å². The maximum Gasteiger partial charge on any atom is 0.330 e. The fourth-order valence-electron chi connectivity index (χ4n) is 2.49. The van der Waals surface area contributed by atoms with Crippen LogP contribution in [0, 0.1) is 0 Å². The number of imide groups is 1. The van der Waals surface area contributed by atoms with Crippen LogP contribution in [0.3, 0.4) is 0 Å². The predicted molar refractivity (Wildman–Crippen MR) is 99.5 cm³/mol. The standard InChI is InChI=1S/C19H20N2O8/c22-9-1-8-21(17(26)12-4-7-14(24)15(25)10-12)19(29)20-16(18(27)28)11-2-5-13(23)6-3-11/h2-7,10,16,22-25H,1,8-9H2,(H,20,29)(H,27,28). The highest BCUT2D eigenvalue weighted by molar-refractivity contribution is 6.05. The van der Waals surface area contributed by atoms with Gasteiger partial charge in [0.1, 0.15) is 5.75 Å². The highest BCUT2D eigenvalue weighted by atomic mass is 16.4. The number of carbonyl (C=O) groups is 3. The van der Waals surface area contributed by atoms with Crippen molar-refractivity contribution in [2.24, 2.45) is 0 Å². The number of carboxylic acids is 1. The number of rotatable bonds is 7. The number of carbonyl (C=O) groups excluding carboxylic acids is 2. The summed E-state index contributed by atoms with van der Waals surface area (Å²) in [6.45, 7) is -0.539. The molecule has 0 spiro atoms. The van der Waals surface area contributed by atoms with Crippen LogP contribution < -0.4 is 5.32 Å². The van der Waals surface area contributed by atoms with Gasteiger partial charge in [-0.15, -0.1) is 0 Å². The number of nitrogens with zero attached hydrogens (tertiary/aromatic N) is 1. The summed E-state index contributed by atoms with van der Waals surface area (Å²) in [6, 6.07) is 5.82. The number of carboxylic acid groups (broad SMARTS) is 1. The van der Waals surface area contributed by atoms with Crippen molar-refractivity contribution in [2.45, 2.75) is 12.5 Å². The van der Waals surface area contributed by atoms with E-state index in [2.05, 4.69) is 5.32 Å². The van der Waals surface area contributed by atoms with E-state index in [1.54, 1.807) is 0 Å². The summed E-state index contributed by atoms with van der Waals surface area (Å²) in [4.78, 5) is 37.6. The van der Waals surface area contributed by atoms with E-state index in [0.29, 0.717) is 4.90 Å². The minimum absolute atomic E-state index is 0.0418. The van der Waals surface area contributed by atoms with Crippen molar-refractivity contribution < 1.29 is 39.9 Å². The first-order valence-corrected chi connectivity index (χ1v) is 8.51. The average Bonchev–Trinajstić information content (AvgIpc) is 2.69. The van der Waals surface area contributed by atoms with Crippen molar-refractivity contribution >= 4 is 17.9 Å². The second-order valence-corrected chi connectivity index (χ2v) is 6.05. The zero-order valence-corrected chi connectivity index (χ0v) is 15.1. The molecule has 2 aromatic rings. The molecular weight excluding hydrogens is 384 g/mol. The van der Waals surface area contributed by atoms with E-state index in [4.69, 9.17) is 5.11 Å². The van der Waals surface area contributed by atoms with Crippen molar-refractivity contribution in [2.75, 3.05) is 13.2 Å². The Bertz CT molecular complexity index is 898. The number of hydrogen-bond acceptors (Lipinski definition) is 7. The highest BCUT2D eigenvalue weighted by Crippen LogP contribution is 2.26. The third-order valence-electron chi connectivity index (χ3n) is 3.99. The molecule has 10 heteroatoms. The van der Waals surface area contributed by atoms with Crippen LogP contribution in [-0.2, 0) is 4.79 Å². The fourth-order valence-corrected chi connectivity index (χ4v) is 2.49. The number of nitrogens with one attached hydrogen (secondary N) is 1. The number of aromatic hydroxyl groups is 3. The summed E-state index contributed by atoms with van der Waals surface area (Å²) in [5, 5.41) is 49.0. The van der Waals surface area contributed by atoms with Crippen LogP contribution in [0.4, 0.5) is 4.79 Å². The van der Waals surface area contributed by atoms with Gasteiger partial charge in [0.25, 0.3) is 5.91 Å². The number of amides is 3. The van der Waals surface area contributed by atoms with E-state index in [9.17, 15) is 34.8 Å². The summed E-state index contributed by atoms with van der Waals surface area (Å²) >= 11 is 0. The van der Waals surface area contributed by atoms with Crippen LogP contribution in [0.2, 0.25) is 0 Å². The molecule has 3 amide bonds. The van der Waals surface area contributed by atoms with E-state index in [1.165, 1.54) is 30.3 Å². The second kappa shape index (κ2) is 9.42. The molecule has 0 saturated carbocycles. The quantitative estimate of drug-likeness (QED) is 0.374. The van der Waals surface area contributed by atoms with Crippen molar-refractivity contribution in [3.8, 4) is 17.2 Å². The zero-order chi connectivity index (χ0) is 21.6. The molecule has 1 unspecified atom stereocenters. The van der Waals surface area contributed by atoms with Crippen LogP contribution in [0.5, 0.6) is 17.2 Å². The van der Waals surface area contributed by atoms with Gasteiger partial charge in [0, 0.05) is 18.7 Å². The molecule has 0 bridgehead atoms. The molecule has 1 atom stereocenters. The van der Waals surface area contributed by atoms with Crippen molar-refractivity contribution in [1.29, 1.82) is 0 Å². The molecule has 6 N–H and O–H groups in total. The van der Waals surface area contributed by atoms with E-state index in [0.717, 1.165) is 12.1 Å². The first-order valence-electron chi connectivity index (χ1n) is 8.51. The van der Waals surface area contributed by atoms with Gasteiger partial charge in [-0.3, -0.25) is 9.69 Å². The summed E-state index contributed by atoms with van der Waals surface area (Å²) < 4.78 is 0. The molecular formula is C19H20N2O8. The molecule has 0 fully saturated rings. The largest absolute Gasteiger partial charge is 0.508 e. The average molecular weight is 404 g/mol. The third-order valence-corrected chi connectivity index (χ3v) is 3.99. The van der Waals surface area contributed by atoms with Gasteiger partial charge < -0.3 is 30.8 Å². The molecule has 0 aliphatic rings.